The maximum absolute atomic E-state index is 12.4. The maximum Gasteiger partial charge on any atom is 0.260 e. The molecular formula is C21H27ClN2O3. The minimum atomic E-state index is 0. The van der Waals surface area contributed by atoms with Crippen molar-refractivity contribution >= 4 is 18.3 Å². The first kappa shape index (κ1) is 21.1. The second-order valence-electron chi connectivity index (χ2n) is 6.91. The van der Waals surface area contributed by atoms with Crippen molar-refractivity contribution in [3.63, 3.8) is 0 Å². The molecule has 0 aliphatic carbocycles. The van der Waals surface area contributed by atoms with Crippen molar-refractivity contribution in [3.05, 3.63) is 54.1 Å². The van der Waals surface area contributed by atoms with E-state index in [-0.39, 0.29) is 31.0 Å². The van der Waals surface area contributed by atoms with Crippen molar-refractivity contribution < 1.29 is 14.3 Å². The third kappa shape index (κ3) is 5.62. The highest BCUT2D eigenvalue weighted by Gasteiger charge is 2.31. The molecule has 2 N–H and O–H groups in total. The quantitative estimate of drug-likeness (QED) is 0.815. The summed E-state index contributed by atoms with van der Waals surface area (Å²) in [6, 6.07) is 15.4. The van der Waals surface area contributed by atoms with Gasteiger partial charge in [-0.05, 0) is 69.1 Å². The lowest BCUT2D eigenvalue weighted by Crippen LogP contribution is -2.37. The van der Waals surface area contributed by atoms with E-state index in [2.05, 4.69) is 6.92 Å². The molecule has 0 spiro atoms. The molecule has 1 aliphatic heterocycles. The summed E-state index contributed by atoms with van der Waals surface area (Å²) in [7, 11) is 0. The normalized spacial score (nSPS) is 18.7. The Morgan fingerprint density at radius 3 is 2.19 bits per heavy atom. The average Bonchev–Trinajstić information content (AvgIpc) is 3.04. The molecule has 2 aromatic carbocycles. The molecule has 6 heteroatoms. The van der Waals surface area contributed by atoms with Gasteiger partial charge in [-0.1, -0.05) is 17.7 Å². The lowest BCUT2D eigenvalue weighted by atomic mass is 10.1. The van der Waals surface area contributed by atoms with Crippen LogP contribution in [0.25, 0.3) is 0 Å². The highest BCUT2D eigenvalue weighted by molar-refractivity contribution is 5.85. The molecule has 1 heterocycles. The van der Waals surface area contributed by atoms with Crippen LogP contribution in [0.5, 0.6) is 17.2 Å². The molecule has 0 bridgehead atoms. The van der Waals surface area contributed by atoms with E-state index in [0.29, 0.717) is 18.2 Å². The number of halogens is 1. The molecule has 1 amide bonds. The predicted molar refractivity (Wildman–Crippen MR) is 109 cm³/mol. The third-order valence-electron chi connectivity index (χ3n) is 4.76. The van der Waals surface area contributed by atoms with Gasteiger partial charge in [-0.25, -0.2) is 0 Å². The lowest BCUT2D eigenvalue weighted by Gasteiger charge is -2.21. The van der Waals surface area contributed by atoms with E-state index in [1.807, 2.05) is 60.4 Å². The van der Waals surface area contributed by atoms with Gasteiger partial charge in [0, 0.05) is 12.6 Å². The summed E-state index contributed by atoms with van der Waals surface area (Å²) in [6.07, 6.45) is 0.966. The van der Waals surface area contributed by atoms with E-state index < -0.39 is 0 Å². The molecule has 3 rings (SSSR count). The second-order valence-corrected chi connectivity index (χ2v) is 6.91. The number of nitrogens with zero attached hydrogens (tertiary/aromatic N) is 1. The molecule has 146 valence electrons. The van der Waals surface area contributed by atoms with E-state index in [1.54, 1.807) is 0 Å². The van der Waals surface area contributed by atoms with Crippen molar-refractivity contribution in [2.24, 2.45) is 11.7 Å². The number of benzene rings is 2. The fourth-order valence-electron chi connectivity index (χ4n) is 3.23. The van der Waals surface area contributed by atoms with Crippen LogP contribution >= 0.6 is 12.4 Å². The molecule has 5 nitrogen and oxygen atoms in total. The fourth-order valence-corrected chi connectivity index (χ4v) is 3.23. The highest BCUT2D eigenvalue weighted by Crippen LogP contribution is 2.25. The summed E-state index contributed by atoms with van der Waals surface area (Å²) in [5.41, 5.74) is 6.91. The Morgan fingerprint density at radius 1 is 1.07 bits per heavy atom. The summed E-state index contributed by atoms with van der Waals surface area (Å²) in [6.45, 7) is 5.49. The number of nitrogens with two attached hydrogens (primary N) is 1. The number of likely N-dealkylation sites (tertiary alicyclic amines) is 1. The smallest absolute Gasteiger partial charge is 0.260 e. The Kier molecular flexibility index (Phi) is 7.51. The largest absolute Gasteiger partial charge is 0.484 e. The summed E-state index contributed by atoms with van der Waals surface area (Å²) < 4.78 is 11.4. The molecule has 0 radical (unpaired) electrons. The van der Waals surface area contributed by atoms with Crippen LogP contribution in [0.15, 0.2) is 48.5 Å². The summed E-state index contributed by atoms with van der Waals surface area (Å²) in [5.74, 6) is 2.57. The van der Waals surface area contributed by atoms with E-state index >= 15 is 0 Å². The molecule has 1 fully saturated rings. The van der Waals surface area contributed by atoms with Gasteiger partial charge in [-0.2, -0.15) is 0 Å². The zero-order valence-electron chi connectivity index (χ0n) is 15.8. The van der Waals surface area contributed by atoms with Crippen LogP contribution in [0.4, 0.5) is 0 Å². The number of hydrogen-bond acceptors (Lipinski definition) is 4. The Bertz CT molecular complexity index is 734. The van der Waals surface area contributed by atoms with Crippen LogP contribution in [-0.2, 0) is 4.79 Å². The van der Waals surface area contributed by atoms with Crippen molar-refractivity contribution in [1.82, 2.24) is 4.90 Å². The topological polar surface area (TPSA) is 64.8 Å². The van der Waals surface area contributed by atoms with Gasteiger partial charge in [0.15, 0.2) is 6.61 Å². The molecule has 27 heavy (non-hydrogen) atoms. The lowest BCUT2D eigenvalue weighted by molar-refractivity contribution is -0.134. The summed E-state index contributed by atoms with van der Waals surface area (Å²) in [4.78, 5) is 14.2. The number of carbonyl (C=O) groups is 1. The van der Waals surface area contributed by atoms with Crippen molar-refractivity contribution in [3.8, 4) is 17.2 Å². The first-order chi connectivity index (χ1) is 12.5. The van der Waals surface area contributed by atoms with Gasteiger partial charge in [-0.15, -0.1) is 12.4 Å². The molecule has 0 saturated carbocycles. The Hall–Kier alpha value is -2.24. The van der Waals surface area contributed by atoms with E-state index in [4.69, 9.17) is 15.2 Å². The number of hydrogen-bond donors (Lipinski definition) is 1. The number of rotatable bonds is 6. The van der Waals surface area contributed by atoms with Crippen LogP contribution in [0, 0.1) is 12.8 Å². The Morgan fingerprint density at radius 2 is 1.63 bits per heavy atom. The SMILES string of the molecule is Cc1ccc(Oc2ccc(OCC(=O)N3CC(CN)CC3C)cc2)cc1.Cl. The number of ether oxygens (including phenoxy) is 2. The van der Waals surface area contributed by atoms with Gasteiger partial charge >= 0.3 is 0 Å². The first-order valence-corrected chi connectivity index (χ1v) is 9.02. The molecule has 2 unspecified atom stereocenters. The molecule has 1 aliphatic rings. The predicted octanol–water partition coefficient (Wildman–Crippen LogP) is 3.78. The van der Waals surface area contributed by atoms with Crippen LogP contribution in [-0.4, -0.2) is 36.5 Å². The average molecular weight is 391 g/mol. The van der Waals surface area contributed by atoms with Gasteiger partial charge in [-0.3, -0.25) is 4.79 Å². The van der Waals surface area contributed by atoms with Crippen LogP contribution < -0.4 is 15.2 Å². The molecule has 0 aromatic heterocycles. The second kappa shape index (κ2) is 9.62. The van der Waals surface area contributed by atoms with Gasteiger partial charge in [0.05, 0.1) is 0 Å². The highest BCUT2D eigenvalue weighted by atomic mass is 35.5. The fraction of sp³-hybridized carbons (Fsp3) is 0.381. The van der Waals surface area contributed by atoms with Crippen molar-refractivity contribution in [1.29, 1.82) is 0 Å². The van der Waals surface area contributed by atoms with Crippen LogP contribution in [0.1, 0.15) is 18.9 Å². The standard InChI is InChI=1S/C21H26N2O3.ClH/c1-15-3-5-19(6-4-15)26-20-9-7-18(8-10-20)25-14-21(24)23-13-17(12-22)11-16(23)2;/h3-10,16-17H,11-14,22H2,1-2H3;1H. The zero-order chi connectivity index (χ0) is 18.5. The van der Waals surface area contributed by atoms with Gasteiger partial charge in [0.2, 0.25) is 0 Å². The Balaban J connectivity index is 0.00000261. The molecular weight excluding hydrogens is 364 g/mol. The van der Waals surface area contributed by atoms with E-state index in [0.717, 1.165) is 24.5 Å². The number of carbonyl (C=O) groups excluding carboxylic acids is 1. The van der Waals surface area contributed by atoms with Crippen molar-refractivity contribution in [2.45, 2.75) is 26.3 Å². The molecule has 2 atom stereocenters. The van der Waals surface area contributed by atoms with Crippen LogP contribution in [0.2, 0.25) is 0 Å². The van der Waals surface area contributed by atoms with Gasteiger partial charge in [0.25, 0.3) is 5.91 Å². The summed E-state index contributed by atoms with van der Waals surface area (Å²) >= 11 is 0. The van der Waals surface area contributed by atoms with Gasteiger partial charge in [0.1, 0.15) is 17.2 Å². The number of aryl methyl sites for hydroxylation is 1. The minimum Gasteiger partial charge on any atom is -0.484 e. The first-order valence-electron chi connectivity index (χ1n) is 9.02. The van der Waals surface area contributed by atoms with Crippen molar-refractivity contribution in [2.75, 3.05) is 19.7 Å². The number of amides is 1. The van der Waals surface area contributed by atoms with E-state index in [9.17, 15) is 4.79 Å². The third-order valence-corrected chi connectivity index (χ3v) is 4.76. The minimum absolute atomic E-state index is 0. The summed E-state index contributed by atoms with van der Waals surface area (Å²) in [5, 5.41) is 0. The molecule has 2 aromatic rings. The monoisotopic (exact) mass is 390 g/mol. The zero-order valence-corrected chi connectivity index (χ0v) is 16.6. The molecule has 1 saturated heterocycles. The maximum atomic E-state index is 12.4. The Labute approximate surface area is 166 Å². The van der Waals surface area contributed by atoms with Crippen LogP contribution in [0.3, 0.4) is 0 Å². The van der Waals surface area contributed by atoms with Gasteiger partial charge < -0.3 is 20.1 Å². The van der Waals surface area contributed by atoms with E-state index in [1.165, 1.54) is 5.56 Å².